The molecule has 0 aliphatic rings. The molecule has 3 aromatic rings. The van der Waals surface area contributed by atoms with Crippen LogP contribution in [0.1, 0.15) is 5.56 Å². The van der Waals surface area contributed by atoms with Crippen molar-refractivity contribution in [3.05, 3.63) is 77.2 Å². The molecule has 2 aromatic carbocycles. The first-order valence-electron chi connectivity index (χ1n) is 6.13. The maximum atomic E-state index is 4.46. The Balaban J connectivity index is 1.82. The number of benzene rings is 2. The molecule has 2 nitrogen and oxygen atoms in total. The standard InChI is InChI=1S/C16H13BrN2/c17-15-8-4-5-13(9-15)10-19-11-16(18-12-19)14-6-2-1-3-7-14/h1-9,11-12H,10H2. The molecule has 0 amide bonds. The summed E-state index contributed by atoms with van der Waals surface area (Å²) in [5.74, 6) is 0. The second-order valence-electron chi connectivity index (χ2n) is 4.43. The van der Waals surface area contributed by atoms with Crippen LogP contribution in [0.3, 0.4) is 0 Å². The minimum atomic E-state index is 0.833. The van der Waals surface area contributed by atoms with Gasteiger partial charge in [-0.05, 0) is 17.7 Å². The van der Waals surface area contributed by atoms with Crippen LogP contribution in [0.25, 0.3) is 11.3 Å². The van der Waals surface area contributed by atoms with Gasteiger partial charge < -0.3 is 4.57 Å². The molecule has 0 aliphatic carbocycles. The van der Waals surface area contributed by atoms with Crippen molar-refractivity contribution in [1.29, 1.82) is 0 Å². The van der Waals surface area contributed by atoms with Crippen molar-refractivity contribution in [2.24, 2.45) is 0 Å². The summed E-state index contributed by atoms with van der Waals surface area (Å²) in [7, 11) is 0. The van der Waals surface area contributed by atoms with E-state index in [1.807, 2.05) is 30.6 Å². The third-order valence-corrected chi connectivity index (χ3v) is 3.45. The Labute approximate surface area is 120 Å². The number of nitrogens with zero attached hydrogens (tertiary/aromatic N) is 2. The smallest absolute Gasteiger partial charge is 0.0956 e. The molecule has 1 heterocycles. The van der Waals surface area contributed by atoms with Crippen LogP contribution in [0.15, 0.2) is 71.6 Å². The van der Waals surface area contributed by atoms with Gasteiger partial charge in [-0.1, -0.05) is 58.4 Å². The van der Waals surface area contributed by atoms with Crippen LogP contribution in [0.2, 0.25) is 0 Å². The summed E-state index contributed by atoms with van der Waals surface area (Å²) < 4.78 is 3.21. The molecule has 0 N–H and O–H groups in total. The molecule has 0 radical (unpaired) electrons. The summed E-state index contributed by atoms with van der Waals surface area (Å²) in [6.07, 6.45) is 3.96. The lowest BCUT2D eigenvalue weighted by Gasteiger charge is -2.02. The van der Waals surface area contributed by atoms with Crippen molar-refractivity contribution >= 4 is 15.9 Å². The van der Waals surface area contributed by atoms with Gasteiger partial charge in [0.25, 0.3) is 0 Å². The second kappa shape index (κ2) is 5.41. The fourth-order valence-electron chi connectivity index (χ4n) is 2.05. The first-order chi connectivity index (χ1) is 9.31. The summed E-state index contributed by atoms with van der Waals surface area (Å²) in [4.78, 5) is 4.46. The van der Waals surface area contributed by atoms with E-state index in [1.165, 1.54) is 5.56 Å². The fourth-order valence-corrected chi connectivity index (χ4v) is 2.50. The average molecular weight is 313 g/mol. The molecular formula is C16H13BrN2. The molecule has 94 valence electrons. The Bertz CT molecular complexity index is 674. The number of hydrogen-bond acceptors (Lipinski definition) is 1. The summed E-state index contributed by atoms with van der Waals surface area (Å²) >= 11 is 3.49. The van der Waals surface area contributed by atoms with Crippen molar-refractivity contribution in [2.45, 2.75) is 6.54 Å². The van der Waals surface area contributed by atoms with Gasteiger partial charge in [0.15, 0.2) is 0 Å². The van der Waals surface area contributed by atoms with Crippen molar-refractivity contribution in [1.82, 2.24) is 9.55 Å². The van der Waals surface area contributed by atoms with Crippen molar-refractivity contribution < 1.29 is 0 Å². The van der Waals surface area contributed by atoms with Gasteiger partial charge in [0.05, 0.1) is 12.0 Å². The van der Waals surface area contributed by atoms with Gasteiger partial charge in [-0.2, -0.15) is 0 Å². The molecular weight excluding hydrogens is 300 g/mol. The first kappa shape index (κ1) is 12.2. The third-order valence-electron chi connectivity index (χ3n) is 2.96. The molecule has 0 fully saturated rings. The lowest BCUT2D eigenvalue weighted by atomic mass is 10.2. The van der Waals surface area contributed by atoms with E-state index in [1.54, 1.807) is 0 Å². The van der Waals surface area contributed by atoms with Crippen LogP contribution >= 0.6 is 15.9 Å². The summed E-state index contributed by atoms with van der Waals surface area (Å²) in [5.41, 5.74) is 3.41. The van der Waals surface area contributed by atoms with Gasteiger partial charge in [0, 0.05) is 22.8 Å². The maximum Gasteiger partial charge on any atom is 0.0956 e. The zero-order valence-corrected chi connectivity index (χ0v) is 11.9. The van der Waals surface area contributed by atoms with E-state index >= 15 is 0 Å². The van der Waals surface area contributed by atoms with Crippen LogP contribution in [0.5, 0.6) is 0 Å². The molecule has 0 atom stereocenters. The number of rotatable bonds is 3. The number of halogens is 1. The molecule has 3 rings (SSSR count). The van der Waals surface area contributed by atoms with Crippen LogP contribution in [-0.4, -0.2) is 9.55 Å². The van der Waals surface area contributed by atoms with Gasteiger partial charge in [-0.3, -0.25) is 0 Å². The molecule has 0 spiro atoms. The van der Waals surface area contributed by atoms with Gasteiger partial charge in [0.1, 0.15) is 0 Å². The molecule has 19 heavy (non-hydrogen) atoms. The lowest BCUT2D eigenvalue weighted by Crippen LogP contribution is -1.95. The van der Waals surface area contributed by atoms with Gasteiger partial charge >= 0.3 is 0 Å². The monoisotopic (exact) mass is 312 g/mol. The lowest BCUT2D eigenvalue weighted by molar-refractivity contribution is 0.797. The van der Waals surface area contributed by atoms with E-state index in [4.69, 9.17) is 0 Å². The van der Waals surface area contributed by atoms with E-state index in [0.717, 1.165) is 22.3 Å². The number of hydrogen-bond donors (Lipinski definition) is 0. The zero-order valence-electron chi connectivity index (χ0n) is 10.3. The summed E-state index contributed by atoms with van der Waals surface area (Å²) in [6, 6.07) is 18.6. The quantitative estimate of drug-likeness (QED) is 0.702. The van der Waals surface area contributed by atoms with E-state index in [0.29, 0.717) is 0 Å². The number of imidazole rings is 1. The highest BCUT2D eigenvalue weighted by Crippen LogP contribution is 2.17. The molecule has 0 aliphatic heterocycles. The van der Waals surface area contributed by atoms with E-state index < -0.39 is 0 Å². The maximum absolute atomic E-state index is 4.46. The normalized spacial score (nSPS) is 10.6. The van der Waals surface area contributed by atoms with E-state index in [9.17, 15) is 0 Å². The van der Waals surface area contributed by atoms with Crippen molar-refractivity contribution in [2.75, 3.05) is 0 Å². The topological polar surface area (TPSA) is 17.8 Å². The molecule has 0 saturated carbocycles. The molecule has 0 saturated heterocycles. The molecule has 0 bridgehead atoms. The fraction of sp³-hybridized carbons (Fsp3) is 0.0625. The van der Waals surface area contributed by atoms with Crippen LogP contribution < -0.4 is 0 Å². The van der Waals surface area contributed by atoms with Gasteiger partial charge in [-0.25, -0.2) is 4.98 Å². The zero-order chi connectivity index (χ0) is 13.1. The third kappa shape index (κ3) is 2.93. The van der Waals surface area contributed by atoms with Crippen LogP contribution in [-0.2, 0) is 6.54 Å². The van der Waals surface area contributed by atoms with E-state index in [2.05, 4.69) is 62.0 Å². The summed E-state index contributed by atoms with van der Waals surface area (Å²) in [6.45, 7) is 0.833. The van der Waals surface area contributed by atoms with Gasteiger partial charge in [0.2, 0.25) is 0 Å². The molecule has 1 aromatic heterocycles. The van der Waals surface area contributed by atoms with Crippen LogP contribution in [0.4, 0.5) is 0 Å². The largest absolute Gasteiger partial charge is 0.332 e. The first-order valence-corrected chi connectivity index (χ1v) is 6.92. The Hall–Kier alpha value is -1.87. The predicted molar refractivity (Wildman–Crippen MR) is 80.9 cm³/mol. The van der Waals surface area contributed by atoms with Crippen LogP contribution in [0, 0.1) is 0 Å². The minimum Gasteiger partial charge on any atom is -0.332 e. The minimum absolute atomic E-state index is 0.833. The predicted octanol–water partition coefficient (Wildman–Crippen LogP) is 4.36. The highest BCUT2D eigenvalue weighted by Gasteiger charge is 2.02. The second-order valence-corrected chi connectivity index (χ2v) is 5.34. The van der Waals surface area contributed by atoms with Crippen molar-refractivity contribution in [3.63, 3.8) is 0 Å². The highest BCUT2D eigenvalue weighted by molar-refractivity contribution is 9.10. The summed E-state index contributed by atoms with van der Waals surface area (Å²) in [5, 5.41) is 0. The Kier molecular flexibility index (Phi) is 3.47. The highest BCUT2D eigenvalue weighted by atomic mass is 79.9. The SMILES string of the molecule is Brc1cccc(Cn2cnc(-c3ccccc3)c2)c1. The number of aromatic nitrogens is 2. The van der Waals surface area contributed by atoms with Gasteiger partial charge in [-0.15, -0.1) is 0 Å². The molecule has 3 heteroatoms. The average Bonchev–Trinajstić information content (AvgIpc) is 2.88. The Morgan fingerprint density at radius 3 is 2.63 bits per heavy atom. The Morgan fingerprint density at radius 2 is 1.84 bits per heavy atom. The van der Waals surface area contributed by atoms with E-state index in [-0.39, 0.29) is 0 Å². The Morgan fingerprint density at radius 1 is 1.00 bits per heavy atom. The molecule has 0 unspecified atom stereocenters. The van der Waals surface area contributed by atoms with Crippen molar-refractivity contribution in [3.8, 4) is 11.3 Å².